The topological polar surface area (TPSA) is 153 Å². The predicted octanol–water partition coefficient (Wildman–Crippen LogP) is 5.63. The van der Waals surface area contributed by atoms with Crippen LogP contribution in [0.1, 0.15) is 40.1 Å². The summed E-state index contributed by atoms with van der Waals surface area (Å²) in [6.07, 6.45) is -4.35. The molecule has 0 spiro atoms. The van der Waals surface area contributed by atoms with E-state index in [9.17, 15) is 28.8 Å². The SMILES string of the molecule is Cc1oc(-c2ccc(C(F)(F)F)cc2)nc1CSc1nc(N)c(C#N)c(-c2ccc(CC[C@@H](O)CO)cc2)c1C#N. The van der Waals surface area contributed by atoms with E-state index in [1.54, 1.807) is 19.1 Å². The summed E-state index contributed by atoms with van der Waals surface area (Å²) < 4.78 is 44.4. The minimum atomic E-state index is -4.45. The van der Waals surface area contributed by atoms with E-state index in [2.05, 4.69) is 16.0 Å². The highest BCUT2D eigenvalue weighted by Crippen LogP contribution is 2.37. The van der Waals surface area contributed by atoms with E-state index >= 15 is 0 Å². The zero-order chi connectivity index (χ0) is 29.7. The van der Waals surface area contributed by atoms with E-state index in [0.717, 1.165) is 17.7 Å². The van der Waals surface area contributed by atoms with Gasteiger partial charge >= 0.3 is 6.18 Å². The Morgan fingerprint density at radius 1 is 1.00 bits per heavy atom. The summed E-state index contributed by atoms with van der Waals surface area (Å²) in [5, 5.41) is 38.8. The van der Waals surface area contributed by atoms with Crippen LogP contribution in [0, 0.1) is 29.6 Å². The van der Waals surface area contributed by atoms with Gasteiger partial charge in [-0.05, 0) is 55.2 Å². The summed E-state index contributed by atoms with van der Waals surface area (Å²) in [5.74, 6) is 0.789. The fourth-order valence-corrected chi connectivity index (χ4v) is 5.07. The number of hydrogen-bond acceptors (Lipinski definition) is 9. The van der Waals surface area contributed by atoms with Gasteiger partial charge in [0.2, 0.25) is 5.89 Å². The van der Waals surface area contributed by atoms with Crippen LogP contribution in [0.5, 0.6) is 0 Å². The van der Waals surface area contributed by atoms with Gasteiger partial charge in [-0.25, -0.2) is 9.97 Å². The van der Waals surface area contributed by atoms with Crippen molar-refractivity contribution in [3.8, 4) is 34.7 Å². The fraction of sp³-hybridized carbons (Fsp3) is 0.241. The van der Waals surface area contributed by atoms with Crippen molar-refractivity contribution in [3.63, 3.8) is 0 Å². The third kappa shape index (κ3) is 6.69. The number of alkyl halides is 3. The summed E-state index contributed by atoms with van der Waals surface area (Å²) in [6, 6.07) is 15.8. The number of nitriles is 2. The number of nitrogens with zero attached hydrogens (tertiary/aromatic N) is 4. The molecule has 12 heteroatoms. The van der Waals surface area contributed by atoms with Gasteiger partial charge in [0.05, 0.1) is 29.5 Å². The third-order valence-electron chi connectivity index (χ3n) is 6.33. The molecular weight excluding hydrogens is 555 g/mol. The number of thioether (sulfide) groups is 1. The number of nitrogen functional groups attached to an aromatic ring is 1. The third-order valence-corrected chi connectivity index (χ3v) is 7.32. The van der Waals surface area contributed by atoms with E-state index in [1.165, 1.54) is 23.9 Å². The predicted molar refractivity (Wildman–Crippen MR) is 146 cm³/mol. The molecule has 0 amide bonds. The molecule has 4 aromatic rings. The second kappa shape index (κ2) is 12.4. The number of anilines is 1. The van der Waals surface area contributed by atoms with Gasteiger partial charge in [0.15, 0.2) is 0 Å². The maximum atomic E-state index is 12.9. The van der Waals surface area contributed by atoms with Gasteiger partial charge in [0, 0.05) is 16.9 Å². The second-order valence-electron chi connectivity index (χ2n) is 9.11. The zero-order valence-corrected chi connectivity index (χ0v) is 22.6. The van der Waals surface area contributed by atoms with E-state index in [0.29, 0.717) is 41.0 Å². The molecule has 0 unspecified atom stereocenters. The molecule has 2 aromatic heterocycles. The molecule has 0 saturated heterocycles. The molecule has 0 aliphatic rings. The van der Waals surface area contributed by atoms with Crippen LogP contribution >= 0.6 is 11.8 Å². The lowest BCUT2D eigenvalue weighted by Crippen LogP contribution is -2.12. The largest absolute Gasteiger partial charge is 0.441 e. The van der Waals surface area contributed by atoms with E-state index < -0.39 is 17.8 Å². The Balaban J connectivity index is 1.60. The van der Waals surface area contributed by atoms with Crippen LogP contribution in [-0.4, -0.2) is 32.9 Å². The molecule has 2 aromatic carbocycles. The van der Waals surface area contributed by atoms with Crippen molar-refractivity contribution in [1.29, 1.82) is 10.5 Å². The lowest BCUT2D eigenvalue weighted by Gasteiger charge is -2.13. The molecule has 4 N–H and O–H groups in total. The second-order valence-corrected chi connectivity index (χ2v) is 10.1. The Morgan fingerprint density at radius 3 is 2.22 bits per heavy atom. The first kappa shape index (κ1) is 29.6. The van der Waals surface area contributed by atoms with Crippen LogP contribution in [0.2, 0.25) is 0 Å². The Labute approximate surface area is 237 Å². The van der Waals surface area contributed by atoms with Crippen LogP contribution in [0.25, 0.3) is 22.6 Å². The number of oxazole rings is 1. The summed E-state index contributed by atoms with van der Waals surface area (Å²) >= 11 is 1.17. The first-order valence-corrected chi connectivity index (χ1v) is 13.3. The maximum Gasteiger partial charge on any atom is 0.416 e. The first-order chi connectivity index (χ1) is 19.5. The van der Waals surface area contributed by atoms with Crippen LogP contribution in [0.3, 0.4) is 0 Å². The number of hydrogen-bond donors (Lipinski definition) is 3. The van der Waals surface area contributed by atoms with Gasteiger partial charge < -0.3 is 20.4 Å². The van der Waals surface area contributed by atoms with Crippen molar-refractivity contribution in [2.75, 3.05) is 12.3 Å². The van der Waals surface area contributed by atoms with Gasteiger partial charge in [-0.3, -0.25) is 0 Å². The van der Waals surface area contributed by atoms with E-state index in [4.69, 9.17) is 15.3 Å². The molecule has 1 atom stereocenters. The first-order valence-electron chi connectivity index (χ1n) is 12.3. The molecule has 2 heterocycles. The van der Waals surface area contributed by atoms with Gasteiger partial charge in [0.25, 0.3) is 0 Å². The van der Waals surface area contributed by atoms with Crippen LogP contribution in [-0.2, 0) is 18.3 Å². The number of aliphatic hydroxyl groups excluding tert-OH is 2. The number of halogens is 3. The summed E-state index contributed by atoms with van der Waals surface area (Å²) in [5.41, 5.74) is 8.29. The minimum absolute atomic E-state index is 0.0403. The average molecular weight is 580 g/mol. The molecule has 4 rings (SSSR count). The minimum Gasteiger partial charge on any atom is -0.441 e. The molecule has 41 heavy (non-hydrogen) atoms. The average Bonchev–Trinajstić information content (AvgIpc) is 3.34. The highest BCUT2D eigenvalue weighted by molar-refractivity contribution is 7.98. The fourth-order valence-electron chi connectivity index (χ4n) is 4.08. The van der Waals surface area contributed by atoms with Crippen molar-refractivity contribution in [3.05, 3.63) is 82.2 Å². The maximum absolute atomic E-state index is 12.9. The monoisotopic (exact) mass is 579 g/mol. The van der Waals surface area contributed by atoms with Crippen molar-refractivity contribution < 1.29 is 27.8 Å². The normalized spacial score (nSPS) is 12.1. The molecule has 0 aliphatic heterocycles. The molecule has 0 bridgehead atoms. The Kier molecular flexibility index (Phi) is 8.98. The summed E-state index contributed by atoms with van der Waals surface area (Å²) in [6.45, 7) is 1.35. The number of pyridine rings is 1. The van der Waals surface area contributed by atoms with E-state index in [1.807, 2.05) is 18.2 Å². The molecule has 0 saturated carbocycles. The van der Waals surface area contributed by atoms with Gasteiger partial charge in [-0.1, -0.05) is 36.0 Å². The Morgan fingerprint density at radius 2 is 1.63 bits per heavy atom. The molecule has 0 aliphatic carbocycles. The Hall–Kier alpha value is -4.36. The number of nitrogens with two attached hydrogens (primary N) is 1. The molecule has 0 fully saturated rings. The number of rotatable bonds is 9. The van der Waals surface area contributed by atoms with E-state index in [-0.39, 0.29) is 40.2 Å². The lowest BCUT2D eigenvalue weighted by atomic mass is 9.95. The number of aromatic nitrogens is 2. The smallest absolute Gasteiger partial charge is 0.416 e. The Bertz CT molecular complexity index is 1620. The molecule has 210 valence electrons. The van der Waals surface area contributed by atoms with Gasteiger partial charge in [-0.2, -0.15) is 23.7 Å². The molecule has 0 radical (unpaired) electrons. The van der Waals surface area contributed by atoms with Crippen molar-refractivity contribution in [1.82, 2.24) is 9.97 Å². The quantitative estimate of drug-likeness (QED) is 0.214. The van der Waals surface area contributed by atoms with Gasteiger partial charge in [0.1, 0.15) is 34.3 Å². The highest BCUT2D eigenvalue weighted by atomic mass is 32.2. The summed E-state index contributed by atoms with van der Waals surface area (Å²) in [7, 11) is 0. The lowest BCUT2D eigenvalue weighted by molar-refractivity contribution is -0.137. The zero-order valence-electron chi connectivity index (χ0n) is 21.7. The van der Waals surface area contributed by atoms with Crippen LogP contribution < -0.4 is 5.73 Å². The van der Waals surface area contributed by atoms with Crippen molar-refractivity contribution >= 4 is 17.6 Å². The van der Waals surface area contributed by atoms with Crippen LogP contribution in [0.4, 0.5) is 19.0 Å². The van der Waals surface area contributed by atoms with Crippen molar-refractivity contribution in [2.45, 2.75) is 42.8 Å². The molecular formula is C29H24F3N5O3S. The van der Waals surface area contributed by atoms with Gasteiger partial charge in [-0.15, -0.1) is 0 Å². The van der Waals surface area contributed by atoms with Crippen molar-refractivity contribution in [2.24, 2.45) is 0 Å². The van der Waals surface area contributed by atoms with Crippen LogP contribution in [0.15, 0.2) is 58.0 Å². The molecule has 8 nitrogen and oxygen atoms in total. The standard InChI is InChI=1S/C29H24F3N5O3S/c1-16-24(36-27(40-16)19-7-9-20(10-8-19)29(30,31)32)15-41-28-23(13-34)25(22(12-33)26(35)37-28)18-5-2-17(3-6-18)4-11-21(39)14-38/h2-3,5-10,21,38-39H,4,11,14-15H2,1H3,(H2,35,37)/t21-/m1/s1. The summed E-state index contributed by atoms with van der Waals surface area (Å²) in [4.78, 5) is 8.73. The highest BCUT2D eigenvalue weighted by Gasteiger charge is 2.30. The number of aryl methyl sites for hydroxylation is 2. The number of aliphatic hydroxyl groups is 2. The number of benzene rings is 2.